The number of fused-ring (bicyclic) bond motifs is 1. The number of aromatic nitrogens is 4. The topological polar surface area (TPSA) is 48.0 Å². The first-order valence-corrected chi connectivity index (χ1v) is 7.63. The van der Waals surface area contributed by atoms with E-state index in [9.17, 15) is 0 Å². The number of aryl methyl sites for hydroxylation is 1. The summed E-state index contributed by atoms with van der Waals surface area (Å²) in [4.78, 5) is 4.32. The second-order valence-corrected chi connectivity index (χ2v) is 6.05. The number of hydrogen-bond acceptors (Lipinski definition) is 3. The van der Waals surface area contributed by atoms with Crippen LogP contribution in [-0.4, -0.2) is 25.7 Å². The maximum atomic E-state index is 6.42. The summed E-state index contributed by atoms with van der Waals surface area (Å²) >= 11 is 6.42. The minimum atomic E-state index is 0.485. The van der Waals surface area contributed by atoms with Crippen molar-refractivity contribution in [2.24, 2.45) is 11.0 Å². The fourth-order valence-corrected chi connectivity index (χ4v) is 2.63. The van der Waals surface area contributed by atoms with E-state index < -0.39 is 0 Å². The van der Waals surface area contributed by atoms with Gasteiger partial charge in [0.05, 0.1) is 28.5 Å². The quantitative estimate of drug-likeness (QED) is 0.689. The van der Waals surface area contributed by atoms with Crippen LogP contribution in [0.15, 0.2) is 35.7 Å². The van der Waals surface area contributed by atoms with Crippen molar-refractivity contribution in [3.63, 3.8) is 0 Å². The van der Waals surface area contributed by atoms with Crippen LogP contribution in [0.2, 0.25) is 5.15 Å². The molecule has 0 saturated carbocycles. The monoisotopic (exact) mass is 315 g/mol. The van der Waals surface area contributed by atoms with Gasteiger partial charge in [0.2, 0.25) is 0 Å². The SMILES string of the molecule is Cc1nn(CC(C)C)c(Cl)c1/C=N\n1cnc2ccccc21. The lowest BCUT2D eigenvalue weighted by atomic mass is 10.2. The summed E-state index contributed by atoms with van der Waals surface area (Å²) in [6.45, 7) is 7.01. The molecule has 0 fully saturated rings. The van der Waals surface area contributed by atoms with Crippen LogP contribution in [-0.2, 0) is 6.54 Å². The van der Waals surface area contributed by atoms with Crippen LogP contribution in [0.3, 0.4) is 0 Å². The molecule has 3 aromatic rings. The zero-order chi connectivity index (χ0) is 15.7. The van der Waals surface area contributed by atoms with Gasteiger partial charge in [0.1, 0.15) is 11.5 Å². The molecule has 0 amide bonds. The van der Waals surface area contributed by atoms with E-state index >= 15 is 0 Å². The standard InChI is InChI=1S/C16H18ClN5/c1-11(2)9-21-16(17)13(12(3)20-21)8-19-22-10-18-14-6-4-5-7-15(14)22/h4-8,10-11H,9H2,1-3H3/b19-8-. The Kier molecular flexibility index (Phi) is 3.98. The Balaban J connectivity index is 1.94. The summed E-state index contributed by atoms with van der Waals surface area (Å²) in [5.41, 5.74) is 3.60. The molecule has 1 aromatic carbocycles. The molecule has 0 aliphatic heterocycles. The number of halogens is 1. The average Bonchev–Trinajstić information content (AvgIpc) is 2.99. The predicted octanol–water partition coefficient (Wildman–Crippen LogP) is 3.73. The fourth-order valence-electron chi connectivity index (χ4n) is 2.34. The molecule has 0 atom stereocenters. The van der Waals surface area contributed by atoms with Crippen molar-refractivity contribution < 1.29 is 0 Å². The van der Waals surface area contributed by atoms with Crippen molar-refractivity contribution in [1.29, 1.82) is 0 Å². The van der Waals surface area contributed by atoms with Gasteiger partial charge in [0.15, 0.2) is 0 Å². The zero-order valence-electron chi connectivity index (χ0n) is 12.9. The number of hydrogen-bond donors (Lipinski definition) is 0. The number of imidazole rings is 1. The minimum Gasteiger partial charge on any atom is -0.253 e. The Morgan fingerprint density at radius 3 is 2.86 bits per heavy atom. The Labute approximate surface area is 134 Å². The van der Waals surface area contributed by atoms with Gasteiger partial charge < -0.3 is 0 Å². The second kappa shape index (κ2) is 5.93. The van der Waals surface area contributed by atoms with Crippen LogP contribution in [0.5, 0.6) is 0 Å². The maximum Gasteiger partial charge on any atom is 0.136 e. The van der Waals surface area contributed by atoms with Crippen LogP contribution >= 0.6 is 11.6 Å². The molecule has 2 heterocycles. The van der Waals surface area contributed by atoms with Gasteiger partial charge >= 0.3 is 0 Å². The Morgan fingerprint density at radius 1 is 1.32 bits per heavy atom. The normalized spacial score (nSPS) is 12.0. The molecule has 5 nitrogen and oxygen atoms in total. The second-order valence-electron chi connectivity index (χ2n) is 5.69. The highest BCUT2D eigenvalue weighted by molar-refractivity contribution is 6.32. The van der Waals surface area contributed by atoms with E-state index in [1.54, 1.807) is 17.2 Å². The van der Waals surface area contributed by atoms with E-state index in [0.717, 1.165) is 28.8 Å². The van der Waals surface area contributed by atoms with Crippen molar-refractivity contribution in [3.05, 3.63) is 47.0 Å². The molecular formula is C16H18ClN5. The van der Waals surface area contributed by atoms with E-state index in [4.69, 9.17) is 11.6 Å². The van der Waals surface area contributed by atoms with Gasteiger partial charge in [-0.05, 0) is 25.0 Å². The van der Waals surface area contributed by atoms with Gasteiger partial charge in [0, 0.05) is 6.54 Å². The smallest absolute Gasteiger partial charge is 0.136 e. The Hall–Kier alpha value is -2.14. The first kappa shape index (κ1) is 14.8. The van der Waals surface area contributed by atoms with E-state index in [0.29, 0.717) is 11.1 Å². The summed E-state index contributed by atoms with van der Waals surface area (Å²) in [5.74, 6) is 0.485. The molecule has 0 spiro atoms. The van der Waals surface area contributed by atoms with Crippen molar-refractivity contribution in [2.75, 3.05) is 0 Å². The van der Waals surface area contributed by atoms with E-state index in [1.807, 2.05) is 35.9 Å². The molecule has 6 heteroatoms. The van der Waals surface area contributed by atoms with Crippen molar-refractivity contribution >= 4 is 28.8 Å². The fraction of sp³-hybridized carbons (Fsp3) is 0.312. The summed E-state index contributed by atoms with van der Waals surface area (Å²) in [6, 6.07) is 7.87. The van der Waals surface area contributed by atoms with E-state index in [1.165, 1.54) is 0 Å². The summed E-state index contributed by atoms with van der Waals surface area (Å²) < 4.78 is 3.57. The minimum absolute atomic E-state index is 0.485. The third kappa shape index (κ3) is 2.76. The first-order chi connectivity index (χ1) is 10.6. The number of rotatable bonds is 4. The molecule has 0 bridgehead atoms. The lowest BCUT2D eigenvalue weighted by Gasteiger charge is -2.05. The molecule has 3 rings (SSSR count). The first-order valence-electron chi connectivity index (χ1n) is 7.25. The van der Waals surface area contributed by atoms with E-state index in [-0.39, 0.29) is 0 Å². The van der Waals surface area contributed by atoms with Crippen LogP contribution in [0.1, 0.15) is 25.1 Å². The molecule has 0 aliphatic carbocycles. The molecule has 2 aromatic heterocycles. The Bertz CT molecular complexity index is 828. The maximum absolute atomic E-state index is 6.42. The van der Waals surface area contributed by atoms with Gasteiger partial charge in [-0.1, -0.05) is 37.6 Å². The third-order valence-corrected chi connectivity index (χ3v) is 3.79. The molecule has 0 N–H and O–H groups in total. The van der Waals surface area contributed by atoms with Crippen LogP contribution in [0.4, 0.5) is 0 Å². The van der Waals surface area contributed by atoms with E-state index in [2.05, 4.69) is 29.0 Å². The summed E-state index contributed by atoms with van der Waals surface area (Å²) in [5, 5.41) is 9.58. The number of benzene rings is 1. The summed E-state index contributed by atoms with van der Waals surface area (Å²) in [6.07, 6.45) is 3.44. The number of para-hydroxylation sites is 2. The van der Waals surface area contributed by atoms with Crippen molar-refractivity contribution in [2.45, 2.75) is 27.3 Å². The summed E-state index contributed by atoms with van der Waals surface area (Å²) in [7, 11) is 0. The molecule has 22 heavy (non-hydrogen) atoms. The third-order valence-electron chi connectivity index (χ3n) is 3.39. The predicted molar refractivity (Wildman–Crippen MR) is 89.5 cm³/mol. The van der Waals surface area contributed by atoms with Crippen molar-refractivity contribution in [3.8, 4) is 0 Å². The largest absolute Gasteiger partial charge is 0.253 e. The molecule has 0 radical (unpaired) electrons. The van der Waals surface area contributed by atoms with Crippen LogP contribution in [0, 0.1) is 12.8 Å². The van der Waals surface area contributed by atoms with Gasteiger partial charge in [-0.25, -0.2) is 9.66 Å². The van der Waals surface area contributed by atoms with Gasteiger partial charge in [0.25, 0.3) is 0 Å². The highest BCUT2D eigenvalue weighted by Crippen LogP contribution is 2.19. The lowest BCUT2D eigenvalue weighted by molar-refractivity contribution is 0.482. The lowest BCUT2D eigenvalue weighted by Crippen LogP contribution is -2.06. The molecule has 0 unspecified atom stereocenters. The van der Waals surface area contributed by atoms with Crippen molar-refractivity contribution in [1.82, 2.24) is 19.4 Å². The molecule has 0 saturated heterocycles. The molecular weight excluding hydrogens is 298 g/mol. The number of nitrogens with zero attached hydrogens (tertiary/aromatic N) is 5. The van der Waals surface area contributed by atoms with Crippen LogP contribution < -0.4 is 0 Å². The average molecular weight is 316 g/mol. The van der Waals surface area contributed by atoms with Gasteiger partial charge in [-0.15, -0.1) is 0 Å². The molecule has 114 valence electrons. The van der Waals surface area contributed by atoms with Gasteiger partial charge in [-0.3, -0.25) is 4.68 Å². The highest BCUT2D eigenvalue weighted by atomic mass is 35.5. The Morgan fingerprint density at radius 2 is 2.09 bits per heavy atom. The van der Waals surface area contributed by atoms with Gasteiger partial charge in [-0.2, -0.15) is 10.2 Å². The highest BCUT2D eigenvalue weighted by Gasteiger charge is 2.12. The zero-order valence-corrected chi connectivity index (χ0v) is 13.6. The van der Waals surface area contributed by atoms with Crippen LogP contribution in [0.25, 0.3) is 11.0 Å². The molecule has 0 aliphatic rings.